The lowest BCUT2D eigenvalue weighted by Crippen LogP contribution is -2.27. The molecule has 1 aromatic rings. The molecule has 0 spiro atoms. The predicted octanol–water partition coefficient (Wildman–Crippen LogP) is -1.67. The summed E-state index contributed by atoms with van der Waals surface area (Å²) in [5.74, 6) is -0.690. The van der Waals surface area contributed by atoms with Gasteiger partial charge in [-0.3, -0.25) is 9.59 Å². The van der Waals surface area contributed by atoms with Gasteiger partial charge in [-0.2, -0.15) is 0 Å². The summed E-state index contributed by atoms with van der Waals surface area (Å²) in [7, 11) is 0. The molecule has 0 aliphatic carbocycles. The Morgan fingerprint density at radius 2 is 2.24 bits per heavy atom. The van der Waals surface area contributed by atoms with Gasteiger partial charge < -0.3 is 25.3 Å². The maximum atomic E-state index is 11.3. The van der Waals surface area contributed by atoms with Crippen LogP contribution in [0.5, 0.6) is 0 Å². The molecule has 0 fully saturated rings. The van der Waals surface area contributed by atoms with Crippen molar-refractivity contribution in [2.75, 3.05) is 18.9 Å². The van der Waals surface area contributed by atoms with E-state index in [0.29, 0.717) is 5.69 Å². The first-order valence-electron chi connectivity index (χ1n) is 4.93. The molecule has 1 aromatic heterocycles. The maximum absolute atomic E-state index is 11.3. The first-order valence-corrected chi connectivity index (χ1v) is 4.93. The highest BCUT2D eigenvalue weighted by Gasteiger charge is 2.09. The monoisotopic (exact) mass is 242 g/mol. The summed E-state index contributed by atoms with van der Waals surface area (Å²) < 4.78 is 5.74. The average molecular weight is 242 g/mol. The van der Waals surface area contributed by atoms with Gasteiger partial charge in [0.25, 0.3) is 5.56 Å². The number of pyridine rings is 1. The number of anilines is 1. The van der Waals surface area contributed by atoms with Gasteiger partial charge in [-0.25, -0.2) is 0 Å². The smallest absolute Gasteiger partial charge is 0.326 e. The van der Waals surface area contributed by atoms with E-state index in [9.17, 15) is 9.59 Å². The van der Waals surface area contributed by atoms with E-state index in [1.54, 1.807) is 0 Å². The molecule has 1 atom stereocenters. The summed E-state index contributed by atoms with van der Waals surface area (Å²) in [6.07, 6.45) is 0.211. The number of aliphatic hydroxyl groups excluding tert-OH is 2. The fourth-order valence-corrected chi connectivity index (χ4v) is 1.10. The SMILES string of the molecule is Nc1ccc(=O)n(CC(=O)OCC(O)CO)c1. The van der Waals surface area contributed by atoms with Crippen molar-refractivity contribution >= 4 is 11.7 Å². The lowest BCUT2D eigenvalue weighted by molar-refractivity contribution is -0.148. The number of hydrogen-bond donors (Lipinski definition) is 3. The molecule has 0 bridgehead atoms. The summed E-state index contributed by atoms with van der Waals surface area (Å²) >= 11 is 0. The molecule has 0 amide bonds. The zero-order chi connectivity index (χ0) is 12.8. The van der Waals surface area contributed by atoms with Gasteiger partial charge in [0.15, 0.2) is 0 Å². The Bertz CT molecular complexity index is 443. The first kappa shape index (κ1) is 13.2. The number of nitrogens with zero attached hydrogens (tertiary/aromatic N) is 1. The topological polar surface area (TPSA) is 115 Å². The molecule has 0 radical (unpaired) electrons. The third kappa shape index (κ3) is 4.25. The van der Waals surface area contributed by atoms with Crippen LogP contribution in [0.4, 0.5) is 5.69 Å². The quantitative estimate of drug-likeness (QED) is 0.532. The Labute approximate surface area is 97.1 Å². The fourth-order valence-electron chi connectivity index (χ4n) is 1.10. The standard InChI is InChI=1S/C10H14N2O5/c11-7-1-2-9(15)12(3-7)4-10(16)17-6-8(14)5-13/h1-3,8,13-14H,4-6,11H2. The Morgan fingerprint density at radius 1 is 1.53 bits per heavy atom. The summed E-state index contributed by atoms with van der Waals surface area (Å²) in [5, 5.41) is 17.5. The molecule has 0 saturated heterocycles. The molecule has 17 heavy (non-hydrogen) atoms. The zero-order valence-corrected chi connectivity index (χ0v) is 9.07. The molecular weight excluding hydrogens is 228 g/mol. The van der Waals surface area contributed by atoms with Crippen LogP contribution in [0.25, 0.3) is 0 Å². The van der Waals surface area contributed by atoms with Crippen LogP contribution in [0.15, 0.2) is 23.1 Å². The summed E-state index contributed by atoms with van der Waals surface area (Å²) in [6, 6.07) is 2.67. The van der Waals surface area contributed by atoms with Crippen molar-refractivity contribution in [2.45, 2.75) is 12.6 Å². The van der Waals surface area contributed by atoms with E-state index in [1.165, 1.54) is 18.3 Å². The van der Waals surface area contributed by atoms with Crippen molar-refractivity contribution in [1.82, 2.24) is 4.57 Å². The predicted molar refractivity (Wildman–Crippen MR) is 59.2 cm³/mol. The van der Waals surface area contributed by atoms with Crippen molar-refractivity contribution in [3.63, 3.8) is 0 Å². The van der Waals surface area contributed by atoms with Crippen LogP contribution in [0, 0.1) is 0 Å². The van der Waals surface area contributed by atoms with E-state index in [1.807, 2.05) is 0 Å². The van der Waals surface area contributed by atoms with Crippen molar-refractivity contribution in [2.24, 2.45) is 0 Å². The Kier molecular flexibility index (Phi) is 4.68. The van der Waals surface area contributed by atoms with E-state index >= 15 is 0 Å². The molecule has 0 aliphatic heterocycles. The Hall–Kier alpha value is -1.86. The van der Waals surface area contributed by atoms with E-state index in [0.717, 1.165) is 4.57 Å². The highest BCUT2D eigenvalue weighted by atomic mass is 16.5. The van der Waals surface area contributed by atoms with Crippen molar-refractivity contribution in [3.8, 4) is 0 Å². The molecule has 7 heteroatoms. The zero-order valence-electron chi connectivity index (χ0n) is 9.07. The van der Waals surface area contributed by atoms with Gasteiger partial charge in [0, 0.05) is 18.0 Å². The first-order chi connectivity index (χ1) is 8.02. The van der Waals surface area contributed by atoms with Gasteiger partial charge in [-0.15, -0.1) is 0 Å². The minimum Gasteiger partial charge on any atom is -0.462 e. The highest BCUT2D eigenvalue weighted by molar-refractivity contribution is 5.69. The fraction of sp³-hybridized carbons (Fsp3) is 0.400. The third-order valence-electron chi connectivity index (χ3n) is 1.95. The number of nitrogens with two attached hydrogens (primary N) is 1. The van der Waals surface area contributed by atoms with Crippen LogP contribution in [-0.4, -0.2) is 40.1 Å². The van der Waals surface area contributed by atoms with Crippen molar-refractivity contribution in [3.05, 3.63) is 28.7 Å². The van der Waals surface area contributed by atoms with Crippen LogP contribution >= 0.6 is 0 Å². The number of carbonyl (C=O) groups is 1. The molecule has 7 nitrogen and oxygen atoms in total. The van der Waals surface area contributed by atoms with Crippen LogP contribution < -0.4 is 11.3 Å². The van der Waals surface area contributed by atoms with Crippen LogP contribution in [0.1, 0.15) is 0 Å². The van der Waals surface area contributed by atoms with Gasteiger partial charge in [0.2, 0.25) is 0 Å². The van der Waals surface area contributed by atoms with E-state index < -0.39 is 18.7 Å². The van der Waals surface area contributed by atoms with E-state index in [4.69, 9.17) is 15.9 Å². The lowest BCUT2D eigenvalue weighted by atomic mass is 10.4. The molecule has 1 unspecified atom stereocenters. The highest BCUT2D eigenvalue weighted by Crippen LogP contribution is 1.96. The molecule has 1 rings (SSSR count). The molecule has 4 N–H and O–H groups in total. The number of hydrogen-bond acceptors (Lipinski definition) is 6. The van der Waals surface area contributed by atoms with Crippen molar-refractivity contribution in [1.29, 1.82) is 0 Å². The molecule has 0 aliphatic rings. The lowest BCUT2D eigenvalue weighted by Gasteiger charge is -2.09. The number of aliphatic hydroxyl groups is 2. The van der Waals surface area contributed by atoms with Crippen LogP contribution in [-0.2, 0) is 16.1 Å². The summed E-state index contributed by atoms with van der Waals surface area (Å²) in [4.78, 5) is 22.6. The number of esters is 1. The van der Waals surface area contributed by atoms with Gasteiger partial charge in [0.1, 0.15) is 19.3 Å². The molecule has 0 aromatic carbocycles. The number of rotatable bonds is 5. The maximum Gasteiger partial charge on any atom is 0.326 e. The molecule has 0 saturated carbocycles. The third-order valence-corrected chi connectivity index (χ3v) is 1.95. The minimum atomic E-state index is -1.11. The van der Waals surface area contributed by atoms with Gasteiger partial charge in [-0.05, 0) is 6.07 Å². The minimum absolute atomic E-state index is 0.290. The molecule has 94 valence electrons. The second kappa shape index (κ2) is 6.02. The Morgan fingerprint density at radius 3 is 2.88 bits per heavy atom. The molecular formula is C10H14N2O5. The number of carbonyl (C=O) groups excluding carboxylic acids is 1. The molecule has 1 heterocycles. The Balaban J connectivity index is 2.56. The van der Waals surface area contributed by atoms with Crippen molar-refractivity contribution < 1.29 is 19.7 Å². The number of aromatic nitrogens is 1. The van der Waals surface area contributed by atoms with E-state index in [2.05, 4.69) is 4.74 Å². The van der Waals surface area contributed by atoms with Gasteiger partial charge in [0.05, 0.1) is 6.61 Å². The second-order valence-electron chi connectivity index (χ2n) is 3.45. The number of ether oxygens (including phenoxy) is 1. The largest absolute Gasteiger partial charge is 0.462 e. The average Bonchev–Trinajstić information content (AvgIpc) is 2.30. The second-order valence-corrected chi connectivity index (χ2v) is 3.45. The van der Waals surface area contributed by atoms with Crippen LogP contribution in [0.2, 0.25) is 0 Å². The van der Waals surface area contributed by atoms with E-state index in [-0.39, 0.29) is 18.7 Å². The summed E-state index contributed by atoms with van der Waals surface area (Å²) in [5.41, 5.74) is 5.44. The van der Waals surface area contributed by atoms with Gasteiger partial charge in [-0.1, -0.05) is 0 Å². The van der Waals surface area contributed by atoms with Gasteiger partial charge >= 0.3 is 5.97 Å². The summed E-state index contributed by atoms with van der Waals surface area (Å²) in [6.45, 7) is -1.10. The number of nitrogen functional groups attached to an aromatic ring is 1. The van der Waals surface area contributed by atoms with Crippen LogP contribution in [0.3, 0.4) is 0 Å². The normalized spacial score (nSPS) is 12.1.